The van der Waals surface area contributed by atoms with Gasteiger partial charge in [-0.1, -0.05) is 200 Å². The largest absolute Gasteiger partial charge is 0.459 e. The number of nitrogens with zero attached hydrogens (tertiary/aromatic N) is 2. The minimum absolute atomic E-state index is 0.0103. The fraction of sp³-hybridized carbons (Fsp3) is 0.233. The standard InChI is InChI=1S/C103H90N6O27S2/c1-103(108-109-103)62-105-102(138)107-87-84(134-96(118)71-51-29-10-30-52-71)81(131-93(115)68-45-23-7-24-46-68)78(128-90(112)65-39-17-4-18-40-65)75(125-87)57-104-101(137)106-74(58-123-99-85(135-97(119)72-53-31-11-32-54-72)82(132-94(116)69-47-25-8-26-48-69)79(129-91(113)66-41-19-5-20-42-66)76(126-99)60-121-88(110)63-35-13-2-14-36-63)59-124-100-86(136-98(120)73-55-33-12-34-56-73)83(133-95(117)70-49-27-9-28-50-70)80(130-92(114)67-43-21-6-22-44-67)77(127-100)61-122-89(111)64-37-15-3-16-38-64/h2-56,74-87,99-100H,57-62H2,1H3,(H2,104,106,137)(H2,105,107,138)/t75-,76-,77-,78-,79-,80-,81+,82+,83+,84+,85+,86+,87+,99+,100+/m1/s1. The fourth-order valence-electron chi connectivity index (χ4n) is 14.8. The lowest BCUT2D eigenvalue weighted by Gasteiger charge is -2.45. The van der Waals surface area contributed by atoms with E-state index < -0.39 is 202 Å². The summed E-state index contributed by atoms with van der Waals surface area (Å²) in [5, 5.41) is 20.1. The lowest BCUT2D eigenvalue weighted by Crippen LogP contribution is -2.68. The summed E-state index contributed by atoms with van der Waals surface area (Å²) in [5.41, 5.74) is -0.891. The minimum atomic E-state index is -2.06. The molecule has 0 bridgehead atoms. The summed E-state index contributed by atoms with van der Waals surface area (Å²) >= 11 is 12.2. The predicted octanol–water partition coefficient (Wildman–Crippen LogP) is 12.4. The number of benzene rings is 11. The van der Waals surface area contributed by atoms with Crippen molar-refractivity contribution >= 4 is 100 Å². The second kappa shape index (κ2) is 47.0. The zero-order valence-corrected chi connectivity index (χ0v) is 75.1. The highest BCUT2D eigenvalue weighted by molar-refractivity contribution is 7.80. The Kier molecular flexibility index (Phi) is 33.0. The van der Waals surface area contributed by atoms with Crippen molar-refractivity contribution < 1.29 is 129 Å². The number of rotatable bonds is 36. The highest BCUT2D eigenvalue weighted by Crippen LogP contribution is 2.37. The molecule has 0 aliphatic carbocycles. The average Bonchev–Trinajstić information content (AvgIpc) is 0.954. The lowest BCUT2D eigenvalue weighted by atomic mass is 9.96. The zero-order valence-electron chi connectivity index (χ0n) is 73.5. The Hall–Kier alpha value is -15.6. The topological polar surface area (TPSA) is 408 Å². The van der Waals surface area contributed by atoms with E-state index in [1.807, 2.05) is 0 Å². The molecule has 35 heteroatoms. The molecule has 4 heterocycles. The Labute approximate surface area is 800 Å². The van der Waals surface area contributed by atoms with Gasteiger partial charge >= 0.3 is 65.7 Å². The van der Waals surface area contributed by atoms with Crippen molar-refractivity contribution in [2.75, 3.05) is 39.5 Å². The SMILES string of the molecule is CC1(CNC(=S)N[C@H]2O[C@H](CNC(=S)NC(CO[C@H]3O[C@H](COC(=O)c4ccccc4)[C@@H](OC(=O)c4ccccc4)[C@H](OC(=O)c4ccccc4)[C@@H]3OC(=O)c3ccccc3)CO[C@H]3O[C@H](COC(=O)c4ccccc4)[C@@H](OC(=O)c4ccccc4)[C@H](OC(=O)c4ccccc4)[C@@H]3OC(=O)c3ccccc3)[C@@H](OC(=O)c3ccccc3)[C@H](OC(=O)c3ccccc3)[C@@H]2OC(=O)c2ccccc2)N=N1. The molecule has 4 aliphatic heterocycles. The summed E-state index contributed by atoms with van der Waals surface area (Å²) in [6.07, 6.45) is -28.0. The van der Waals surface area contributed by atoms with Crippen LogP contribution in [0.1, 0.15) is 121 Å². The average molecular weight is 1910 g/mol. The monoisotopic (exact) mass is 1910 g/mol. The quantitative estimate of drug-likeness (QED) is 0.0161. The third-order valence-electron chi connectivity index (χ3n) is 21.9. The van der Waals surface area contributed by atoms with Crippen LogP contribution in [0.2, 0.25) is 0 Å². The summed E-state index contributed by atoms with van der Waals surface area (Å²) < 4.78 is 104. The van der Waals surface area contributed by atoms with Crippen molar-refractivity contribution in [2.45, 2.75) is 111 Å². The van der Waals surface area contributed by atoms with Gasteiger partial charge in [-0.2, -0.15) is 10.2 Å². The van der Waals surface area contributed by atoms with Crippen LogP contribution in [0.4, 0.5) is 0 Å². The third kappa shape index (κ3) is 26.1. The first-order valence-corrected chi connectivity index (χ1v) is 44.5. The lowest BCUT2D eigenvalue weighted by molar-refractivity contribution is -0.306. The van der Waals surface area contributed by atoms with E-state index in [2.05, 4.69) is 31.5 Å². The van der Waals surface area contributed by atoms with E-state index in [9.17, 15) is 43.2 Å². The molecule has 15 rings (SSSR count). The molecule has 11 aromatic rings. The molecule has 0 amide bonds. The maximum atomic E-state index is 15.0. The van der Waals surface area contributed by atoms with E-state index in [-0.39, 0.29) is 78.0 Å². The molecule has 11 aromatic carbocycles. The van der Waals surface area contributed by atoms with Crippen LogP contribution in [0.3, 0.4) is 0 Å². The summed E-state index contributed by atoms with van der Waals surface area (Å²) in [6, 6.07) is 83.0. The molecule has 138 heavy (non-hydrogen) atoms. The van der Waals surface area contributed by atoms with E-state index in [1.165, 1.54) is 133 Å². The van der Waals surface area contributed by atoms with Gasteiger partial charge in [-0.25, -0.2) is 52.7 Å². The van der Waals surface area contributed by atoms with Crippen molar-refractivity contribution in [3.8, 4) is 0 Å². The number of hydrogen-bond acceptors (Lipinski definition) is 31. The summed E-state index contributed by atoms with van der Waals surface area (Å²) in [7, 11) is 0. The van der Waals surface area contributed by atoms with Crippen LogP contribution >= 0.6 is 24.4 Å². The first-order chi connectivity index (χ1) is 67.1. The second-order valence-corrected chi connectivity index (χ2v) is 32.5. The Morgan fingerprint density at radius 1 is 0.290 bits per heavy atom. The molecule has 33 nitrogen and oxygen atoms in total. The van der Waals surface area contributed by atoms with Crippen molar-refractivity contribution in [3.05, 3.63) is 395 Å². The number of thiocarbonyl (C=S) groups is 2. The zero-order chi connectivity index (χ0) is 96.3. The molecule has 3 fully saturated rings. The van der Waals surface area contributed by atoms with Gasteiger partial charge in [-0.3, -0.25) is 0 Å². The summed E-state index contributed by atoms with van der Waals surface area (Å²) in [6.45, 7) is -2.06. The Bertz CT molecular complexity index is 5820. The smallest absolute Gasteiger partial charge is 0.338 e. The highest BCUT2D eigenvalue weighted by Gasteiger charge is 2.58. The van der Waals surface area contributed by atoms with Crippen molar-refractivity contribution in [1.29, 1.82) is 0 Å². The molecule has 706 valence electrons. The third-order valence-corrected chi connectivity index (χ3v) is 22.4. The van der Waals surface area contributed by atoms with Gasteiger partial charge in [0, 0.05) is 6.54 Å². The van der Waals surface area contributed by atoms with Gasteiger partial charge in [-0.15, -0.1) is 0 Å². The molecule has 4 aliphatic rings. The number of hydrogen-bond donors (Lipinski definition) is 4. The van der Waals surface area contributed by atoms with Crippen molar-refractivity contribution in [3.63, 3.8) is 0 Å². The van der Waals surface area contributed by atoms with Gasteiger partial charge in [0.2, 0.25) is 5.66 Å². The van der Waals surface area contributed by atoms with Crippen LogP contribution in [0.15, 0.2) is 344 Å². The van der Waals surface area contributed by atoms with Gasteiger partial charge < -0.3 is 97.1 Å². The van der Waals surface area contributed by atoms with E-state index >= 15 is 9.59 Å². The Morgan fingerprint density at radius 3 is 0.790 bits per heavy atom. The number of carbonyl (C=O) groups is 11. The maximum Gasteiger partial charge on any atom is 0.338 e. The molecule has 0 aromatic heterocycles. The number of carbonyl (C=O) groups excluding carboxylic acids is 11. The Balaban J connectivity index is 0.846. The van der Waals surface area contributed by atoms with E-state index in [1.54, 1.807) is 207 Å². The molecular weight excluding hydrogens is 1820 g/mol. The normalized spacial score (nSPS) is 21.5. The van der Waals surface area contributed by atoms with Gasteiger partial charge in [0.05, 0.1) is 87.0 Å². The van der Waals surface area contributed by atoms with E-state index in [0.29, 0.717) is 0 Å². The van der Waals surface area contributed by atoms with Crippen LogP contribution in [-0.4, -0.2) is 219 Å². The first-order valence-electron chi connectivity index (χ1n) is 43.7. The second-order valence-electron chi connectivity index (χ2n) is 31.7. The fourth-order valence-corrected chi connectivity index (χ4v) is 15.2. The van der Waals surface area contributed by atoms with Crippen LogP contribution in [0, 0.1) is 0 Å². The van der Waals surface area contributed by atoms with Crippen LogP contribution in [0.25, 0.3) is 0 Å². The van der Waals surface area contributed by atoms with Crippen LogP contribution in [0.5, 0.6) is 0 Å². The number of nitrogens with one attached hydrogen (secondary N) is 4. The van der Waals surface area contributed by atoms with Crippen molar-refractivity contribution in [1.82, 2.24) is 21.3 Å². The molecule has 3 saturated heterocycles. The summed E-state index contributed by atoms with van der Waals surface area (Å²) in [5.74, 6) is -11.0. The van der Waals surface area contributed by atoms with Gasteiger partial charge in [-0.05, 0) is 165 Å². The van der Waals surface area contributed by atoms with Gasteiger partial charge in [0.25, 0.3) is 0 Å². The van der Waals surface area contributed by atoms with Crippen LogP contribution < -0.4 is 21.3 Å². The molecule has 0 saturated carbocycles. The minimum Gasteiger partial charge on any atom is -0.459 e. The van der Waals surface area contributed by atoms with E-state index in [4.69, 9.17) is 100 Å². The molecule has 0 unspecified atom stereocenters. The molecule has 4 N–H and O–H groups in total. The van der Waals surface area contributed by atoms with Gasteiger partial charge in [0.1, 0.15) is 31.5 Å². The Morgan fingerprint density at radius 2 is 0.522 bits per heavy atom. The first kappa shape index (κ1) is 96.9. The predicted molar refractivity (Wildman–Crippen MR) is 497 cm³/mol. The summed E-state index contributed by atoms with van der Waals surface area (Å²) in [4.78, 5) is 162. The molecular formula is C103H90N6O27S2. The van der Waals surface area contributed by atoms with Crippen LogP contribution in [-0.2, 0) is 75.8 Å². The highest BCUT2D eigenvalue weighted by atomic mass is 32.1. The van der Waals surface area contributed by atoms with Crippen molar-refractivity contribution in [2.24, 2.45) is 10.2 Å². The number of esters is 11. The molecule has 0 radical (unpaired) electrons. The molecule has 0 spiro atoms. The maximum absolute atomic E-state index is 15.0. The van der Waals surface area contributed by atoms with Gasteiger partial charge in [0.15, 0.2) is 84.0 Å². The molecule has 15 atom stereocenters. The number of ether oxygens (including phenoxy) is 16. The van der Waals surface area contributed by atoms with E-state index in [0.717, 1.165) is 0 Å².